The summed E-state index contributed by atoms with van der Waals surface area (Å²) in [5.41, 5.74) is 0. The summed E-state index contributed by atoms with van der Waals surface area (Å²) in [4.78, 5) is 0. The van der Waals surface area contributed by atoms with Gasteiger partial charge in [0.2, 0.25) is 6.33 Å². The molecule has 1 rings (SSSR count). The molecule has 0 aromatic carbocycles. The second kappa shape index (κ2) is 16.3. The molecule has 154 valence electrons. The van der Waals surface area contributed by atoms with E-state index in [9.17, 15) is 13.0 Å². The Labute approximate surface area is 161 Å². The lowest BCUT2D eigenvalue weighted by atomic mass is 10.1. The van der Waals surface area contributed by atoms with Gasteiger partial charge in [0.25, 0.3) is 0 Å². The van der Waals surface area contributed by atoms with Gasteiger partial charge in [-0.25, -0.2) is 17.6 Å². The SMILES string of the molecule is CCCCCCCCCCCCS(=O)(=O)[O-].CCCC[n+]1ccn(C)c1. The van der Waals surface area contributed by atoms with Crippen molar-refractivity contribution in [1.82, 2.24) is 4.57 Å². The Bertz CT molecular complexity index is 527. The standard InChI is InChI=1S/C12H26O3S.C8H15N2/c1-2-3-4-5-6-7-8-9-10-11-12-16(13,14)15;1-3-4-5-10-7-6-9(2)8-10/h2-12H2,1H3,(H,13,14,15);6-8H,3-5H2,1-2H3/q;+1/p-1. The Morgan fingerprint density at radius 1 is 0.846 bits per heavy atom. The van der Waals surface area contributed by atoms with Crippen LogP contribution >= 0.6 is 0 Å². The quantitative estimate of drug-likeness (QED) is 0.266. The fraction of sp³-hybridized carbons (Fsp3) is 0.850. The van der Waals surface area contributed by atoms with Gasteiger partial charge in [-0.15, -0.1) is 0 Å². The fourth-order valence-corrected chi connectivity index (χ4v) is 3.30. The topological polar surface area (TPSA) is 66.0 Å². The molecule has 0 atom stereocenters. The first-order valence-corrected chi connectivity index (χ1v) is 11.9. The van der Waals surface area contributed by atoms with Crippen LogP contribution in [0.25, 0.3) is 0 Å². The van der Waals surface area contributed by atoms with Gasteiger partial charge in [0.1, 0.15) is 12.4 Å². The second-order valence-corrected chi connectivity index (χ2v) is 8.64. The monoisotopic (exact) mass is 388 g/mol. The Morgan fingerprint density at radius 3 is 1.77 bits per heavy atom. The number of rotatable bonds is 14. The lowest BCUT2D eigenvalue weighted by Crippen LogP contribution is -2.30. The summed E-state index contributed by atoms with van der Waals surface area (Å²) >= 11 is 0. The Balaban J connectivity index is 0.000000531. The molecular formula is C20H40N2O3S. The summed E-state index contributed by atoms with van der Waals surface area (Å²) in [6.45, 7) is 5.57. The number of hydrogen-bond donors (Lipinski definition) is 0. The Morgan fingerprint density at radius 2 is 1.35 bits per heavy atom. The average molecular weight is 389 g/mol. The zero-order valence-electron chi connectivity index (χ0n) is 17.2. The number of aromatic nitrogens is 2. The summed E-state index contributed by atoms with van der Waals surface area (Å²) in [7, 11) is -1.94. The van der Waals surface area contributed by atoms with E-state index in [1.54, 1.807) is 0 Å². The van der Waals surface area contributed by atoms with Crippen molar-refractivity contribution >= 4 is 10.1 Å². The first kappa shape index (κ1) is 25.1. The number of nitrogens with zero attached hydrogens (tertiary/aromatic N) is 2. The second-order valence-electron chi connectivity index (χ2n) is 7.11. The van der Waals surface area contributed by atoms with Gasteiger partial charge in [0.05, 0.1) is 23.7 Å². The van der Waals surface area contributed by atoms with E-state index in [4.69, 9.17) is 0 Å². The number of unbranched alkanes of at least 4 members (excludes halogenated alkanes) is 10. The van der Waals surface area contributed by atoms with Crippen LogP contribution in [0.5, 0.6) is 0 Å². The molecule has 0 unspecified atom stereocenters. The maximum Gasteiger partial charge on any atom is 0.243 e. The third-order valence-corrected chi connectivity index (χ3v) is 5.13. The van der Waals surface area contributed by atoms with Gasteiger partial charge in [-0.2, -0.15) is 0 Å². The highest BCUT2D eigenvalue weighted by Crippen LogP contribution is 2.10. The van der Waals surface area contributed by atoms with E-state index in [1.807, 2.05) is 7.05 Å². The first-order valence-electron chi connectivity index (χ1n) is 10.3. The van der Waals surface area contributed by atoms with Gasteiger partial charge >= 0.3 is 0 Å². The van der Waals surface area contributed by atoms with Crippen LogP contribution in [0.15, 0.2) is 18.7 Å². The minimum Gasteiger partial charge on any atom is -0.748 e. The van der Waals surface area contributed by atoms with Crippen LogP contribution in [0, 0.1) is 0 Å². The zero-order valence-corrected chi connectivity index (χ0v) is 18.0. The molecule has 1 aromatic heterocycles. The molecule has 5 nitrogen and oxygen atoms in total. The molecule has 6 heteroatoms. The van der Waals surface area contributed by atoms with E-state index in [0.29, 0.717) is 6.42 Å². The molecule has 0 aliphatic heterocycles. The van der Waals surface area contributed by atoms with Crippen molar-refractivity contribution in [2.24, 2.45) is 7.05 Å². The minimum absolute atomic E-state index is 0.191. The van der Waals surface area contributed by atoms with Crippen LogP contribution in [0.2, 0.25) is 0 Å². The van der Waals surface area contributed by atoms with E-state index in [0.717, 1.165) is 19.4 Å². The maximum absolute atomic E-state index is 10.3. The molecule has 0 bridgehead atoms. The van der Waals surface area contributed by atoms with Crippen molar-refractivity contribution in [2.75, 3.05) is 5.75 Å². The third kappa shape index (κ3) is 17.9. The molecule has 0 N–H and O–H groups in total. The molecule has 0 spiro atoms. The van der Waals surface area contributed by atoms with E-state index >= 15 is 0 Å². The fourth-order valence-electron chi connectivity index (χ4n) is 2.74. The highest BCUT2D eigenvalue weighted by atomic mass is 32.2. The van der Waals surface area contributed by atoms with E-state index in [-0.39, 0.29) is 5.75 Å². The number of hydrogen-bond acceptors (Lipinski definition) is 3. The van der Waals surface area contributed by atoms with Crippen LogP contribution in [0.3, 0.4) is 0 Å². The van der Waals surface area contributed by atoms with E-state index in [1.165, 1.54) is 57.8 Å². The largest absolute Gasteiger partial charge is 0.748 e. The highest BCUT2D eigenvalue weighted by molar-refractivity contribution is 7.85. The summed E-state index contributed by atoms with van der Waals surface area (Å²) in [6.07, 6.45) is 20.3. The predicted octanol–water partition coefficient (Wildman–Crippen LogP) is 4.57. The molecule has 0 saturated carbocycles. The van der Waals surface area contributed by atoms with Crippen molar-refractivity contribution in [3.05, 3.63) is 18.7 Å². The van der Waals surface area contributed by atoms with Crippen LogP contribution in [0.4, 0.5) is 0 Å². The van der Waals surface area contributed by atoms with Crippen molar-refractivity contribution in [3.8, 4) is 0 Å². The van der Waals surface area contributed by atoms with Crippen molar-refractivity contribution in [2.45, 2.75) is 97.4 Å². The molecule has 1 aromatic rings. The van der Waals surface area contributed by atoms with Crippen molar-refractivity contribution < 1.29 is 17.5 Å². The molecule has 0 amide bonds. The summed E-state index contributed by atoms with van der Waals surface area (Å²) in [6, 6.07) is 0. The third-order valence-electron chi connectivity index (χ3n) is 4.34. The zero-order chi connectivity index (χ0) is 19.7. The summed E-state index contributed by atoms with van der Waals surface area (Å²) in [5, 5.41) is 0. The smallest absolute Gasteiger partial charge is 0.243 e. The van der Waals surface area contributed by atoms with Crippen LogP contribution in [-0.2, 0) is 23.7 Å². The molecular weight excluding hydrogens is 348 g/mol. The Hall–Kier alpha value is -0.880. The van der Waals surface area contributed by atoms with Gasteiger partial charge in [-0.3, -0.25) is 0 Å². The molecule has 0 saturated heterocycles. The van der Waals surface area contributed by atoms with Crippen LogP contribution < -0.4 is 4.57 Å². The number of aryl methyl sites for hydroxylation is 2. The van der Waals surface area contributed by atoms with E-state index < -0.39 is 10.1 Å². The van der Waals surface area contributed by atoms with Crippen LogP contribution in [0.1, 0.15) is 90.9 Å². The molecule has 0 aliphatic carbocycles. The van der Waals surface area contributed by atoms with E-state index in [2.05, 4.69) is 41.7 Å². The van der Waals surface area contributed by atoms with Crippen molar-refractivity contribution in [3.63, 3.8) is 0 Å². The van der Waals surface area contributed by atoms with Gasteiger partial charge in [-0.05, 0) is 12.8 Å². The average Bonchev–Trinajstić information content (AvgIpc) is 3.00. The summed E-state index contributed by atoms with van der Waals surface area (Å²) < 4.78 is 35.2. The van der Waals surface area contributed by atoms with Gasteiger partial charge in [0.15, 0.2) is 0 Å². The maximum atomic E-state index is 10.3. The predicted molar refractivity (Wildman–Crippen MR) is 107 cm³/mol. The van der Waals surface area contributed by atoms with Crippen molar-refractivity contribution in [1.29, 1.82) is 0 Å². The lowest BCUT2D eigenvalue weighted by Gasteiger charge is -2.05. The number of imidazole rings is 1. The molecule has 0 aliphatic rings. The minimum atomic E-state index is -3.98. The van der Waals surface area contributed by atoms with Crippen LogP contribution in [-0.4, -0.2) is 23.3 Å². The van der Waals surface area contributed by atoms with Gasteiger partial charge in [0, 0.05) is 5.75 Å². The molecule has 0 radical (unpaired) electrons. The molecule has 1 heterocycles. The summed E-state index contributed by atoms with van der Waals surface area (Å²) in [5.74, 6) is -0.191. The van der Waals surface area contributed by atoms with Gasteiger partial charge < -0.3 is 4.55 Å². The molecule has 0 fully saturated rings. The Kier molecular flexibility index (Phi) is 15.8. The lowest BCUT2D eigenvalue weighted by molar-refractivity contribution is -0.696. The first-order chi connectivity index (χ1) is 12.4. The highest BCUT2D eigenvalue weighted by Gasteiger charge is 1.97. The molecule has 26 heavy (non-hydrogen) atoms. The normalized spacial score (nSPS) is 11.2. The van der Waals surface area contributed by atoms with Gasteiger partial charge in [-0.1, -0.05) is 78.1 Å².